The smallest absolute Gasteiger partial charge is 0.141 e. The summed E-state index contributed by atoms with van der Waals surface area (Å²) in [7, 11) is 0. The van der Waals surface area contributed by atoms with Gasteiger partial charge in [-0.3, -0.25) is 0 Å². The molecule has 0 amide bonds. The van der Waals surface area contributed by atoms with Gasteiger partial charge in [-0.2, -0.15) is 5.26 Å². The lowest BCUT2D eigenvalue weighted by atomic mass is 10.0. The maximum absolute atomic E-state index is 9.26. The van der Waals surface area contributed by atoms with E-state index in [9.17, 15) is 5.26 Å². The summed E-state index contributed by atoms with van der Waals surface area (Å²) < 4.78 is 2.18. The molecule has 144 valence electrons. The minimum Gasteiger partial charge on any atom is -0.319 e. The maximum Gasteiger partial charge on any atom is 0.141 e. The molecule has 0 unspecified atom stereocenters. The number of nitriles is 1. The summed E-state index contributed by atoms with van der Waals surface area (Å²) in [6, 6.07) is 24.3. The standard InChI is InChI=1S/C25H22ClN3/c1-17(2)13-18-7-10-20(11-8-18)25-28-23-14-19(15-27)9-12-24(23)29(25)16-21-5-3-4-6-22(21)26/h3-12,14,17H,13,16H2,1-2H3. The van der Waals surface area contributed by atoms with Crippen molar-refractivity contribution in [3.63, 3.8) is 0 Å². The number of nitrogens with zero attached hydrogens (tertiary/aromatic N) is 3. The van der Waals surface area contributed by atoms with Crippen LogP contribution in [0.15, 0.2) is 66.7 Å². The lowest BCUT2D eigenvalue weighted by Gasteiger charge is -2.12. The number of aromatic nitrogens is 2. The van der Waals surface area contributed by atoms with E-state index in [1.807, 2.05) is 42.5 Å². The summed E-state index contributed by atoms with van der Waals surface area (Å²) in [5.74, 6) is 1.50. The molecule has 3 aromatic carbocycles. The summed E-state index contributed by atoms with van der Waals surface area (Å²) >= 11 is 6.43. The zero-order valence-corrected chi connectivity index (χ0v) is 17.3. The second-order valence-corrected chi connectivity index (χ2v) is 8.13. The van der Waals surface area contributed by atoms with Crippen LogP contribution in [0.1, 0.15) is 30.5 Å². The van der Waals surface area contributed by atoms with E-state index in [4.69, 9.17) is 16.6 Å². The van der Waals surface area contributed by atoms with Crippen LogP contribution in [-0.4, -0.2) is 9.55 Å². The average Bonchev–Trinajstić information content (AvgIpc) is 3.07. The van der Waals surface area contributed by atoms with Crippen molar-refractivity contribution in [1.82, 2.24) is 9.55 Å². The molecule has 0 saturated carbocycles. The molecular formula is C25H22ClN3. The molecule has 0 atom stereocenters. The second kappa shape index (κ2) is 8.11. The summed E-state index contributed by atoms with van der Waals surface area (Å²) in [5.41, 5.74) is 5.83. The van der Waals surface area contributed by atoms with E-state index in [-0.39, 0.29) is 0 Å². The van der Waals surface area contributed by atoms with Gasteiger partial charge in [0.05, 0.1) is 29.2 Å². The van der Waals surface area contributed by atoms with Crippen LogP contribution in [0.2, 0.25) is 5.02 Å². The first kappa shape index (κ1) is 19.2. The van der Waals surface area contributed by atoms with Gasteiger partial charge in [0.25, 0.3) is 0 Å². The second-order valence-electron chi connectivity index (χ2n) is 7.72. The predicted molar refractivity (Wildman–Crippen MR) is 119 cm³/mol. The fourth-order valence-corrected chi connectivity index (χ4v) is 3.83. The lowest BCUT2D eigenvalue weighted by Crippen LogP contribution is -2.03. The molecule has 29 heavy (non-hydrogen) atoms. The Labute approximate surface area is 176 Å². The van der Waals surface area contributed by atoms with Crippen LogP contribution < -0.4 is 0 Å². The van der Waals surface area contributed by atoms with Crippen LogP contribution in [0.5, 0.6) is 0 Å². The van der Waals surface area contributed by atoms with Crippen LogP contribution in [0.3, 0.4) is 0 Å². The van der Waals surface area contributed by atoms with E-state index >= 15 is 0 Å². The van der Waals surface area contributed by atoms with Gasteiger partial charge in [-0.1, -0.05) is 67.9 Å². The Morgan fingerprint density at radius 3 is 2.48 bits per heavy atom. The third kappa shape index (κ3) is 4.04. The van der Waals surface area contributed by atoms with Crippen LogP contribution in [-0.2, 0) is 13.0 Å². The van der Waals surface area contributed by atoms with Crippen molar-refractivity contribution in [2.45, 2.75) is 26.8 Å². The van der Waals surface area contributed by atoms with E-state index in [1.165, 1.54) is 5.56 Å². The van der Waals surface area contributed by atoms with Crippen molar-refractivity contribution in [3.8, 4) is 17.5 Å². The Morgan fingerprint density at radius 2 is 1.79 bits per heavy atom. The SMILES string of the molecule is CC(C)Cc1ccc(-c2nc3cc(C#N)ccc3n2Cc2ccccc2Cl)cc1. The van der Waals surface area contributed by atoms with Crippen LogP contribution >= 0.6 is 11.6 Å². The molecule has 4 aromatic rings. The summed E-state index contributed by atoms with van der Waals surface area (Å²) in [5, 5.41) is 10.00. The van der Waals surface area contributed by atoms with E-state index in [0.29, 0.717) is 18.0 Å². The van der Waals surface area contributed by atoms with Gasteiger partial charge < -0.3 is 4.57 Å². The van der Waals surface area contributed by atoms with Crippen molar-refractivity contribution in [1.29, 1.82) is 5.26 Å². The Hall–Kier alpha value is -3.09. The highest BCUT2D eigenvalue weighted by Crippen LogP contribution is 2.28. The van der Waals surface area contributed by atoms with Crippen LogP contribution in [0.4, 0.5) is 0 Å². The summed E-state index contributed by atoms with van der Waals surface area (Å²) in [4.78, 5) is 4.88. The van der Waals surface area contributed by atoms with Gasteiger partial charge in [-0.25, -0.2) is 4.98 Å². The first-order valence-electron chi connectivity index (χ1n) is 9.78. The fraction of sp³-hybridized carbons (Fsp3) is 0.200. The van der Waals surface area contributed by atoms with Gasteiger partial charge in [0, 0.05) is 10.6 Å². The molecular weight excluding hydrogens is 378 g/mol. The number of hydrogen-bond acceptors (Lipinski definition) is 2. The van der Waals surface area contributed by atoms with Crippen LogP contribution in [0, 0.1) is 17.2 Å². The Morgan fingerprint density at radius 1 is 1.03 bits per heavy atom. The molecule has 0 N–H and O–H groups in total. The molecule has 3 nitrogen and oxygen atoms in total. The lowest BCUT2D eigenvalue weighted by molar-refractivity contribution is 0.647. The van der Waals surface area contributed by atoms with Gasteiger partial charge in [-0.15, -0.1) is 0 Å². The highest BCUT2D eigenvalue weighted by molar-refractivity contribution is 6.31. The molecule has 4 heteroatoms. The van der Waals surface area contributed by atoms with Crippen molar-refractivity contribution < 1.29 is 0 Å². The number of imidazole rings is 1. The molecule has 4 rings (SSSR count). The van der Waals surface area contributed by atoms with Crippen LogP contribution in [0.25, 0.3) is 22.4 Å². The largest absolute Gasteiger partial charge is 0.319 e. The van der Waals surface area contributed by atoms with E-state index in [2.05, 4.69) is 48.7 Å². The fourth-order valence-electron chi connectivity index (χ4n) is 3.64. The number of benzene rings is 3. The van der Waals surface area contributed by atoms with E-state index in [1.54, 1.807) is 0 Å². The third-order valence-electron chi connectivity index (χ3n) is 5.02. The first-order valence-corrected chi connectivity index (χ1v) is 10.2. The van der Waals surface area contributed by atoms with Gasteiger partial charge >= 0.3 is 0 Å². The number of fused-ring (bicyclic) bond motifs is 1. The maximum atomic E-state index is 9.26. The number of rotatable bonds is 5. The van der Waals surface area contributed by atoms with Gasteiger partial charge in [0.2, 0.25) is 0 Å². The molecule has 0 aliphatic rings. The van der Waals surface area contributed by atoms with E-state index in [0.717, 1.165) is 39.4 Å². The Kier molecular flexibility index (Phi) is 5.38. The zero-order valence-electron chi connectivity index (χ0n) is 16.6. The van der Waals surface area contributed by atoms with Crippen molar-refractivity contribution in [2.24, 2.45) is 5.92 Å². The first-order chi connectivity index (χ1) is 14.0. The monoisotopic (exact) mass is 399 g/mol. The average molecular weight is 400 g/mol. The predicted octanol–water partition coefficient (Wildman–Crippen LogP) is 6.48. The molecule has 0 aliphatic carbocycles. The Balaban J connectivity index is 1.83. The van der Waals surface area contributed by atoms with Gasteiger partial charge in [0.15, 0.2) is 0 Å². The third-order valence-corrected chi connectivity index (χ3v) is 5.39. The molecule has 0 aliphatic heterocycles. The normalized spacial score (nSPS) is 11.1. The molecule has 0 spiro atoms. The van der Waals surface area contributed by atoms with Gasteiger partial charge in [0.1, 0.15) is 5.82 Å². The summed E-state index contributed by atoms with van der Waals surface area (Å²) in [6.45, 7) is 5.07. The number of hydrogen-bond donors (Lipinski definition) is 0. The summed E-state index contributed by atoms with van der Waals surface area (Å²) in [6.07, 6.45) is 1.06. The molecule has 1 heterocycles. The minimum atomic E-state index is 0.610. The minimum absolute atomic E-state index is 0.610. The number of halogens is 1. The van der Waals surface area contributed by atoms with Crippen molar-refractivity contribution in [3.05, 3.63) is 88.4 Å². The topological polar surface area (TPSA) is 41.6 Å². The molecule has 0 saturated heterocycles. The van der Waals surface area contributed by atoms with Crippen molar-refractivity contribution >= 4 is 22.6 Å². The highest BCUT2D eigenvalue weighted by Gasteiger charge is 2.15. The Bertz CT molecular complexity index is 1200. The van der Waals surface area contributed by atoms with Crippen molar-refractivity contribution in [2.75, 3.05) is 0 Å². The van der Waals surface area contributed by atoms with E-state index < -0.39 is 0 Å². The quantitative estimate of drug-likeness (QED) is 0.385. The zero-order chi connectivity index (χ0) is 20.4. The molecule has 0 radical (unpaired) electrons. The van der Waals surface area contributed by atoms with Gasteiger partial charge in [-0.05, 0) is 47.7 Å². The molecule has 1 aromatic heterocycles. The molecule has 0 bridgehead atoms. The highest BCUT2D eigenvalue weighted by atomic mass is 35.5. The molecule has 0 fully saturated rings.